The van der Waals surface area contributed by atoms with Crippen LogP contribution in [0.3, 0.4) is 0 Å². The molecule has 1 N–H and O–H groups in total. The molecule has 0 saturated heterocycles. The van der Waals surface area contributed by atoms with Crippen molar-refractivity contribution in [2.75, 3.05) is 20.2 Å². The number of halogens is 1. The minimum atomic E-state index is 0.141. The number of benzene rings is 1. The summed E-state index contributed by atoms with van der Waals surface area (Å²) >= 11 is 6.01. The van der Waals surface area contributed by atoms with E-state index in [9.17, 15) is 4.79 Å². The Balaban J connectivity index is 2.23. The molecule has 0 amide bonds. The molecule has 1 aliphatic rings. The molecule has 2 rings (SSSR count). The first-order chi connectivity index (χ1) is 7.70. The van der Waals surface area contributed by atoms with Crippen molar-refractivity contribution in [1.82, 2.24) is 5.32 Å². The average molecular weight is 240 g/mol. The summed E-state index contributed by atoms with van der Waals surface area (Å²) in [6.07, 6.45) is 1.26. The third-order valence-corrected chi connectivity index (χ3v) is 2.81. The van der Waals surface area contributed by atoms with E-state index in [0.29, 0.717) is 24.6 Å². The number of ketones is 1. The summed E-state index contributed by atoms with van der Waals surface area (Å²) in [5.41, 5.74) is 2.01. The van der Waals surface area contributed by atoms with Crippen LogP contribution in [0.4, 0.5) is 0 Å². The number of carbonyl (C=O) groups excluding carboxylic acids is 1. The van der Waals surface area contributed by atoms with Gasteiger partial charge in [0.25, 0.3) is 0 Å². The second-order valence-electron chi connectivity index (χ2n) is 3.90. The number of carbonyl (C=O) groups is 1. The van der Waals surface area contributed by atoms with Gasteiger partial charge in [-0.05, 0) is 24.7 Å². The van der Waals surface area contributed by atoms with E-state index < -0.39 is 0 Å². The summed E-state index contributed by atoms with van der Waals surface area (Å²) in [5, 5.41) is 3.52. The van der Waals surface area contributed by atoms with Crippen LogP contribution in [-0.4, -0.2) is 26.0 Å². The quantitative estimate of drug-likeness (QED) is 0.868. The number of rotatable bonds is 4. The summed E-state index contributed by atoms with van der Waals surface area (Å²) in [6.45, 7) is 1.06. The molecule has 0 aromatic heterocycles. The van der Waals surface area contributed by atoms with Gasteiger partial charge in [0.2, 0.25) is 0 Å². The Hall–Kier alpha value is -1.06. The predicted molar refractivity (Wildman–Crippen MR) is 63.3 cm³/mol. The first kappa shape index (κ1) is 11.4. The van der Waals surface area contributed by atoms with Crippen LogP contribution in [0.25, 0.3) is 0 Å². The van der Waals surface area contributed by atoms with E-state index in [-0.39, 0.29) is 5.78 Å². The highest BCUT2D eigenvalue weighted by atomic mass is 35.5. The van der Waals surface area contributed by atoms with E-state index in [1.165, 1.54) is 0 Å². The van der Waals surface area contributed by atoms with Crippen LogP contribution in [-0.2, 0) is 17.6 Å². The van der Waals surface area contributed by atoms with Crippen molar-refractivity contribution in [3.8, 4) is 5.75 Å². The van der Waals surface area contributed by atoms with E-state index >= 15 is 0 Å². The van der Waals surface area contributed by atoms with Crippen LogP contribution >= 0.6 is 11.6 Å². The third kappa shape index (κ3) is 2.36. The topological polar surface area (TPSA) is 38.3 Å². The van der Waals surface area contributed by atoms with Crippen LogP contribution < -0.4 is 10.1 Å². The molecule has 0 unspecified atom stereocenters. The zero-order valence-corrected chi connectivity index (χ0v) is 9.93. The second kappa shape index (κ2) is 4.85. The highest BCUT2D eigenvalue weighted by Gasteiger charge is 2.18. The molecule has 0 fully saturated rings. The molecule has 86 valence electrons. The van der Waals surface area contributed by atoms with Gasteiger partial charge in [-0.2, -0.15) is 0 Å². The van der Waals surface area contributed by atoms with Crippen molar-refractivity contribution < 1.29 is 9.53 Å². The fraction of sp³-hybridized carbons (Fsp3) is 0.417. The summed E-state index contributed by atoms with van der Waals surface area (Å²) in [4.78, 5) is 11.6. The number of hydrogen-bond donors (Lipinski definition) is 1. The molecule has 1 aliphatic heterocycles. The molecular formula is C12H14ClNO2. The standard InChI is InChI=1S/C12H14ClNO2/c1-14-7-11(15)6-9-5-10(13)4-8-2-3-16-12(8)9/h4-5,14H,2-3,6-7H2,1H3. The van der Waals surface area contributed by atoms with Crippen LogP contribution in [0.2, 0.25) is 5.02 Å². The van der Waals surface area contributed by atoms with Crippen LogP contribution in [0, 0.1) is 0 Å². The Morgan fingerprint density at radius 1 is 1.56 bits per heavy atom. The van der Waals surface area contributed by atoms with Gasteiger partial charge in [0.05, 0.1) is 13.2 Å². The zero-order chi connectivity index (χ0) is 11.5. The van der Waals surface area contributed by atoms with Gasteiger partial charge >= 0.3 is 0 Å². The van der Waals surface area contributed by atoms with E-state index in [1.54, 1.807) is 7.05 Å². The summed E-state index contributed by atoms with van der Waals surface area (Å²) in [6, 6.07) is 3.73. The largest absolute Gasteiger partial charge is 0.493 e. The molecule has 16 heavy (non-hydrogen) atoms. The van der Waals surface area contributed by atoms with Gasteiger partial charge in [-0.15, -0.1) is 0 Å². The molecule has 0 aliphatic carbocycles. The number of hydrogen-bond acceptors (Lipinski definition) is 3. The minimum absolute atomic E-state index is 0.141. The van der Waals surface area contributed by atoms with Gasteiger partial charge in [0.1, 0.15) is 5.75 Å². The van der Waals surface area contributed by atoms with Gasteiger partial charge in [-0.3, -0.25) is 4.79 Å². The van der Waals surface area contributed by atoms with Gasteiger partial charge in [-0.25, -0.2) is 0 Å². The Labute approximate surface area is 99.7 Å². The molecule has 0 spiro atoms. The lowest BCUT2D eigenvalue weighted by molar-refractivity contribution is -0.117. The van der Waals surface area contributed by atoms with E-state index in [0.717, 1.165) is 23.3 Å². The van der Waals surface area contributed by atoms with E-state index in [2.05, 4.69) is 5.32 Å². The SMILES string of the molecule is CNCC(=O)Cc1cc(Cl)cc2c1OCC2. The Morgan fingerprint density at radius 3 is 3.12 bits per heavy atom. The molecular weight excluding hydrogens is 226 g/mol. The van der Waals surface area contributed by atoms with Crippen molar-refractivity contribution in [2.24, 2.45) is 0 Å². The highest BCUT2D eigenvalue weighted by Crippen LogP contribution is 2.33. The first-order valence-electron chi connectivity index (χ1n) is 5.31. The number of ether oxygens (including phenoxy) is 1. The molecule has 1 aromatic carbocycles. The number of Topliss-reactive ketones (excluding diaryl/α,β-unsaturated/α-hetero) is 1. The minimum Gasteiger partial charge on any atom is -0.493 e. The van der Waals surface area contributed by atoms with Gasteiger partial charge in [-0.1, -0.05) is 11.6 Å². The van der Waals surface area contributed by atoms with Crippen molar-refractivity contribution in [2.45, 2.75) is 12.8 Å². The lowest BCUT2D eigenvalue weighted by Crippen LogP contribution is -2.20. The van der Waals surface area contributed by atoms with Crippen LogP contribution in [0.5, 0.6) is 5.75 Å². The number of fused-ring (bicyclic) bond motifs is 1. The molecule has 4 heteroatoms. The number of likely N-dealkylation sites (N-methyl/N-ethyl adjacent to an activating group) is 1. The predicted octanol–water partition coefficient (Wildman–Crippen LogP) is 1.61. The normalized spacial score (nSPS) is 13.4. The molecule has 3 nitrogen and oxygen atoms in total. The van der Waals surface area contributed by atoms with Gasteiger partial charge in [0.15, 0.2) is 5.78 Å². The van der Waals surface area contributed by atoms with Gasteiger partial charge in [0, 0.05) is 23.4 Å². The van der Waals surface area contributed by atoms with Crippen molar-refractivity contribution in [3.63, 3.8) is 0 Å². The molecule has 0 saturated carbocycles. The fourth-order valence-electron chi connectivity index (χ4n) is 1.95. The van der Waals surface area contributed by atoms with Crippen LogP contribution in [0.1, 0.15) is 11.1 Å². The second-order valence-corrected chi connectivity index (χ2v) is 4.33. The summed E-state index contributed by atoms with van der Waals surface area (Å²) in [5.74, 6) is 0.997. The molecule has 1 heterocycles. The van der Waals surface area contributed by atoms with Crippen molar-refractivity contribution in [1.29, 1.82) is 0 Å². The summed E-state index contributed by atoms with van der Waals surface area (Å²) < 4.78 is 5.53. The summed E-state index contributed by atoms with van der Waals surface area (Å²) in [7, 11) is 1.76. The monoisotopic (exact) mass is 239 g/mol. The molecule has 1 aromatic rings. The molecule has 0 bridgehead atoms. The van der Waals surface area contributed by atoms with Gasteiger partial charge < -0.3 is 10.1 Å². The smallest absolute Gasteiger partial charge is 0.151 e. The lowest BCUT2D eigenvalue weighted by atomic mass is 10.0. The highest BCUT2D eigenvalue weighted by molar-refractivity contribution is 6.30. The Kier molecular flexibility index (Phi) is 3.46. The van der Waals surface area contributed by atoms with Crippen molar-refractivity contribution >= 4 is 17.4 Å². The van der Waals surface area contributed by atoms with E-state index in [1.807, 2.05) is 12.1 Å². The van der Waals surface area contributed by atoms with E-state index in [4.69, 9.17) is 16.3 Å². The molecule has 0 atom stereocenters. The van der Waals surface area contributed by atoms with Crippen molar-refractivity contribution in [3.05, 3.63) is 28.3 Å². The maximum Gasteiger partial charge on any atom is 0.151 e. The first-order valence-corrected chi connectivity index (χ1v) is 5.69. The van der Waals surface area contributed by atoms with Crippen LogP contribution in [0.15, 0.2) is 12.1 Å². The maximum atomic E-state index is 11.6. The molecule has 0 radical (unpaired) electrons. The lowest BCUT2D eigenvalue weighted by Gasteiger charge is -2.08. The Morgan fingerprint density at radius 2 is 2.38 bits per heavy atom. The zero-order valence-electron chi connectivity index (χ0n) is 9.18. The third-order valence-electron chi connectivity index (χ3n) is 2.59. The Bertz CT molecular complexity index is 418. The average Bonchev–Trinajstić information content (AvgIpc) is 2.65. The fourth-order valence-corrected chi connectivity index (χ4v) is 2.21. The number of nitrogens with one attached hydrogen (secondary N) is 1. The maximum absolute atomic E-state index is 11.6.